The van der Waals surface area contributed by atoms with Gasteiger partial charge < -0.3 is 20.4 Å². The first-order chi connectivity index (χ1) is 16.4. The van der Waals surface area contributed by atoms with E-state index >= 15 is 0 Å². The number of ether oxygens (including phenoxy) is 1. The fourth-order valence-corrected chi connectivity index (χ4v) is 4.79. The molecule has 1 atom stereocenters. The summed E-state index contributed by atoms with van der Waals surface area (Å²) in [6, 6.07) is 7.95. The lowest BCUT2D eigenvalue weighted by Crippen LogP contribution is -2.35. The minimum atomic E-state index is -0.824. The van der Waals surface area contributed by atoms with Gasteiger partial charge in [-0.2, -0.15) is 0 Å². The molecule has 0 radical (unpaired) electrons. The van der Waals surface area contributed by atoms with Gasteiger partial charge in [-0.25, -0.2) is 8.78 Å². The second kappa shape index (κ2) is 9.02. The molecule has 3 N–H and O–H groups in total. The van der Waals surface area contributed by atoms with Gasteiger partial charge in [-0.3, -0.25) is 9.59 Å². The number of benzene rings is 2. The van der Waals surface area contributed by atoms with Gasteiger partial charge in [0.1, 0.15) is 11.6 Å². The number of amides is 1. The number of H-pyrrole nitrogens is 1. The summed E-state index contributed by atoms with van der Waals surface area (Å²) in [7, 11) is 0. The van der Waals surface area contributed by atoms with Crippen LogP contribution in [0.3, 0.4) is 0 Å². The third-order valence-corrected chi connectivity index (χ3v) is 6.41. The van der Waals surface area contributed by atoms with Gasteiger partial charge in [0.05, 0.1) is 11.7 Å². The third kappa shape index (κ3) is 4.21. The Morgan fingerprint density at radius 2 is 1.91 bits per heavy atom. The molecule has 1 amide bonds. The maximum absolute atomic E-state index is 14.3. The van der Waals surface area contributed by atoms with Crippen LogP contribution in [0.1, 0.15) is 47.3 Å². The lowest BCUT2D eigenvalue weighted by atomic mass is 9.89. The number of carbonyl (C=O) groups excluding carboxylic acids is 2. The van der Waals surface area contributed by atoms with Crippen LogP contribution in [0.4, 0.5) is 14.5 Å². The molecule has 0 spiro atoms. The molecule has 2 aliphatic rings. The van der Waals surface area contributed by atoms with Crippen molar-refractivity contribution in [3.8, 4) is 22.8 Å². The van der Waals surface area contributed by atoms with Crippen LogP contribution >= 0.6 is 0 Å². The fraction of sp³-hybridized carbons (Fsp3) is 0.308. The minimum absolute atomic E-state index is 0.0880. The number of hydrogen-bond acceptors (Lipinski definition) is 4. The molecule has 1 fully saturated rings. The predicted octanol–water partition coefficient (Wildman–Crippen LogP) is 5.27. The second-order valence-corrected chi connectivity index (χ2v) is 8.78. The Balaban J connectivity index is 1.57. The van der Waals surface area contributed by atoms with E-state index in [0.717, 1.165) is 49.2 Å². The Labute approximate surface area is 195 Å². The molecular formula is C26H25F2N3O3. The van der Waals surface area contributed by atoms with Gasteiger partial charge in [0.25, 0.3) is 0 Å². The average molecular weight is 466 g/mol. The zero-order valence-electron chi connectivity index (χ0n) is 18.8. The number of carbonyl (C=O) groups is 2. The van der Waals surface area contributed by atoms with Crippen molar-refractivity contribution in [2.24, 2.45) is 0 Å². The molecule has 0 bridgehead atoms. The van der Waals surface area contributed by atoms with Crippen LogP contribution in [0.15, 0.2) is 36.4 Å². The lowest BCUT2D eigenvalue weighted by Gasteiger charge is -2.17. The van der Waals surface area contributed by atoms with Crippen LogP contribution in [0.5, 0.6) is 11.5 Å². The number of fused-ring (bicyclic) bond motifs is 1. The lowest BCUT2D eigenvalue weighted by molar-refractivity contribution is -0.117. The van der Waals surface area contributed by atoms with Crippen molar-refractivity contribution >= 4 is 17.4 Å². The van der Waals surface area contributed by atoms with Crippen molar-refractivity contribution < 1.29 is 23.1 Å². The summed E-state index contributed by atoms with van der Waals surface area (Å²) < 4.78 is 33.6. The summed E-state index contributed by atoms with van der Waals surface area (Å²) in [6.45, 7) is 2.66. The van der Waals surface area contributed by atoms with Crippen LogP contribution in [-0.4, -0.2) is 29.3 Å². The summed E-state index contributed by atoms with van der Waals surface area (Å²) in [4.78, 5) is 28.5. The molecule has 8 heteroatoms. The number of halogens is 2. The number of hydrogen-bond donors (Lipinski definition) is 3. The highest BCUT2D eigenvalue weighted by molar-refractivity contribution is 6.02. The third-order valence-electron chi connectivity index (χ3n) is 6.41. The maximum atomic E-state index is 14.3. The van der Waals surface area contributed by atoms with E-state index < -0.39 is 11.6 Å². The summed E-state index contributed by atoms with van der Waals surface area (Å²) >= 11 is 0. The van der Waals surface area contributed by atoms with Crippen molar-refractivity contribution in [1.82, 2.24) is 10.3 Å². The van der Waals surface area contributed by atoms with Crippen molar-refractivity contribution in [3.05, 3.63) is 64.9 Å². The second-order valence-electron chi connectivity index (χ2n) is 8.78. The zero-order chi connectivity index (χ0) is 23.8. The van der Waals surface area contributed by atoms with Crippen molar-refractivity contribution in [2.45, 2.75) is 45.1 Å². The summed E-state index contributed by atoms with van der Waals surface area (Å²) in [5.74, 6) is -1.36. The largest absolute Gasteiger partial charge is 0.454 e. The number of rotatable bonds is 5. The van der Waals surface area contributed by atoms with Gasteiger partial charge in [-0.1, -0.05) is 0 Å². The minimum Gasteiger partial charge on any atom is -0.454 e. The molecule has 3 aromatic rings. The highest BCUT2D eigenvalue weighted by Crippen LogP contribution is 2.41. The van der Waals surface area contributed by atoms with Crippen LogP contribution in [0.25, 0.3) is 11.3 Å². The highest BCUT2D eigenvalue weighted by atomic mass is 19.1. The maximum Gasteiger partial charge on any atom is 0.241 e. The summed E-state index contributed by atoms with van der Waals surface area (Å²) in [6.07, 6.45) is 3.67. The number of nitrogens with one attached hydrogen (secondary N) is 3. The van der Waals surface area contributed by atoms with E-state index in [2.05, 4.69) is 15.6 Å². The zero-order valence-corrected chi connectivity index (χ0v) is 18.8. The van der Waals surface area contributed by atoms with Crippen molar-refractivity contribution in [3.63, 3.8) is 0 Å². The van der Waals surface area contributed by atoms with Crippen LogP contribution in [0.2, 0.25) is 0 Å². The Hall–Kier alpha value is -3.52. The molecule has 1 aromatic heterocycles. The first kappa shape index (κ1) is 22.3. The van der Waals surface area contributed by atoms with E-state index in [4.69, 9.17) is 4.74 Å². The fourth-order valence-electron chi connectivity index (χ4n) is 4.79. The van der Waals surface area contributed by atoms with Gasteiger partial charge in [-0.05, 0) is 75.0 Å². The van der Waals surface area contributed by atoms with E-state index in [9.17, 15) is 18.4 Å². The first-order valence-corrected chi connectivity index (χ1v) is 11.5. The normalized spacial score (nSPS) is 17.5. The standard InChI is InChI=1S/C26H25F2N3O3/c1-14-24-17(4-2-6-21(24)32)25(30-14)18-13-16(31-26(33)20-5-3-11-29-20)8-10-22(18)34-23-9-7-15(27)12-19(23)28/h7-10,12-13,20,29-30H,2-6,11H2,1H3,(H,31,33). The van der Waals surface area contributed by atoms with Gasteiger partial charge in [0.15, 0.2) is 17.3 Å². The molecular weight excluding hydrogens is 440 g/mol. The number of aryl methyl sites for hydroxylation is 1. The number of ketones is 1. The Morgan fingerprint density at radius 3 is 2.68 bits per heavy atom. The van der Waals surface area contributed by atoms with Crippen LogP contribution in [-0.2, 0) is 11.2 Å². The molecule has 5 rings (SSSR count). The van der Waals surface area contributed by atoms with Gasteiger partial charge in [-0.15, -0.1) is 0 Å². The number of aromatic amines is 1. The molecule has 176 valence electrons. The Bertz CT molecular complexity index is 1280. The topological polar surface area (TPSA) is 83.2 Å². The van der Waals surface area contributed by atoms with Gasteiger partial charge in [0.2, 0.25) is 5.91 Å². The van der Waals surface area contributed by atoms with Crippen LogP contribution < -0.4 is 15.4 Å². The van der Waals surface area contributed by atoms with E-state index in [1.165, 1.54) is 6.07 Å². The summed E-state index contributed by atoms with van der Waals surface area (Å²) in [5.41, 5.74) is 4.18. The first-order valence-electron chi connectivity index (χ1n) is 11.5. The molecule has 1 unspecified atom stereocenters. The molecule has 2 aromatic carbocycles. The van der Waals surface area contributed by atoms with Gasteiger partial charge in [0, 0.05) is 35.0 Å². The molecule has 1 saturated heterocycles. The van der Waals surface area contributed by atoms with Crippen LogP contribution in [0, 0.1) is 18.6 Å². The Kier molecular flexibility index (Phi) is 5.91. The van der Waals surface area contributed by atoms with Crippen molar-refractivity contribution in [1.29, 1.82) is 0 Å². The molecule has 1 aliphatic carbocycles. The smallest absolute Gasteiger partial charge is 0.241 e. The Morgan fingerprint density at radius 1 is 1.09 bits per heavy atom. The quantitative estimate of drug-likeness (QED) is 0.479. The number of anilines is 1. The predicted molar refractivity (Wildman–Crippen MR) is 124 cm³/mol. The van der Waals surface area contributed by atoms with Crippen molar-refractivity contribution in [2.75, 3.05) is 11.9 Å². The van der Waals surface area contributed by atoms with E-state index in [0.29, 0.717) is 41.1 Å². The van der Waals surface area contributed by atoms with E-state index in [1.54, 1.807) is 18.2 Å². The average Bonchev–Trinajstić information content (AvgIpc) is 3.46. The number of aromatic nitrogens is 1. The van der Waals surface area contributed by atoms with E-state index in [-0.39, 0.29) is 23.5 Å². The number of Topliss-reactive ketones (excluding diaryl/α,β-unsaturated/α-hetero) is 1. The highest BCUT2D eigenvalue weighted by Gasteiger charge is 2.27. The summed E-state index contributed by atoms with van der Waals surface area (Å²) in [5, 5.41) is 6.11. The molecule has 6 nitrogen and oxygen atoms in total. The molecule has 2 heterocycles. The SMILES string of the molecule is Cc1[nH]c(-c2cc(NC(=O)C3CCCN3)ccc2Oc2ccc(F)cc2F)c2c1C(=O)CCC2. The monoisotopic (exact) mass is 465 g/mol. The van der Waals surface area contributed by atoms with E-state index in [1.807, 2.05) is 6.92 Å². The molecule has 34 heavy (non-hydrogen) atoms. The van der Waals surface area contributed by atoms with Gasteiger partial charge >= 0.3 is 0 Å². The molecule has 1 aliphatic heterocycles. The molecule has 0 saturated carbocycles.